The van der Waals surface area contributed by atoms with Gasteiger partial charge in [-0.1, -0.05) is 13.8 Å². The van der Waals surface area contributed by atoms with E-state index in [-0.39, 0.29) is 0 Å². The highest BCUT2D eigenvalue weighted by Gasteiger charge is 2.18. The molecule has 0 saturated carbocycles. The van der Waals surface area contributed by atoms with E-state index in [1.165, 1.54) is 0 Å². The molecule has 2 rings (SSSR count). The van der Waals surface area contributed by atoms with Gasteiger partial charge in [0.1, 0.15) is 0 Å². The highest BCUT2D eigenvalue weighted by molar-refractivity contribution is 5.26. The molecule has 1 aromatic heterocycles. The van der Waals surface area contributed by atoms with Gasteiger partial charge in [0.15, 0.2) is 0 Å². The average molecular weight is 277 g/mol. The smallest absolute Gasteiger partial charge is 0.222 e. The molecule has 1 aromatic rings. The third kappa shape index (κ3) is 4.15. The molecule has 0 amide bonds. The minimum absolute atomic E-state index is 0.439. The van der Waals surface area contributed by atoms with Gasteiger partial charge in [-0.05, 0) is 26.0 Å². The fourth-order valence-corrected chi connectivity index (χ4v) is 2.41. The van der Waals surface area contributed by atoms with E-state index in [0.717, 1.165) is 44.4 Å². The number of hydrogen-bond acceptors (Lipinski definition) is 5. The fourth-order valence-electron chi connectivity index (χ4n) is 2.41. The van der Waals surface area contributed by atoms with E-state index >= 15 is 0 Å². The van der Waals surface area contributed by atoms with Crippen LogP contribution in [-0.4, -0.2) is 65.6 Å². The van der Waals surface area contributed by atoms with Crippen LogP contribution in [0.25, 0.3) is 0 Å². The second-order valence-electron chi connectivity index (χ2n) is 6.03. The monoisotopic (exact) mass is 277 g/mol. The Morgan fingerprint density at radius 3 is 2.55 bits per heavy atom. The zero-order valence-electron chi connectivity index (χ0n) is 13.1. The number of nitrogens with zero attached hydrogens (tertiary/aromatic N) is 4. The van der Waals surface area contributed by atoms with Crippen molar-refractivity contribution in [3.63, 3.8) is 0 Å². The minimum atomic E-state index is 0.439. The largest absolute Gasteiger partial charge is 0.353 e. The number of rotatable bonds is 5. The summed E-state index contributed by atoms with van der Waals surface area (Å²) < 4.78 is 0. The predicted molar refractivity (Wildman–Crippen MR) is 83.1 cm³/mol. The fraction of sp³-hybridized carbons (Fsp3) is 0.733. The van der Waals surface area contributed by atoms with E-state index < -0.39 is 0 Å². The van der Waals surface area contributed by atoms with E-state index in [2.05, 4.69) is 52.9 Å². The molecule has 1 N–H and O–H groups in total. The molecular weight excluding hydrogens is 250 g/mol. The van der Waals surface area contributed by atoms with Gasteiger partial charge in [0.2, 0.25) is 5.95 Å². The summed E-state index contributed by atoms with van der Waals surface area (Å²) in [5.74, 6) is 1.19. The lowest BCUT2D eigenvalue weighted by molar-refractivity contribution is 0.123. The number of hydrogen-bond donors (Lipinski definition) is 1. The molecule has 2 heterocycles. The number of nitrogens with one attached hydrogen (secondary N) is 1. The molecule has 1 aliphatic heterocycles. The van der Waals surface area contributed by atoms with Crippen LogP contribution in [0.3, 0.4) is 0 Å². The number of anilines is 1. The van der Waals surface area contributed by atoms with Crippen LogP contribution in [0.15, 0.2) is 12.3 Å². The van der Waals surface area contributed by atoms with Crippen LogP contribution < -0.4 is 5.32 Å². The summed E-state index contributed by atoms with van der Waals surface area (Å²) in [7, 11) is 2.19. The summed E-state index contributed by atoms with van der Waals surface area (Å²) >= 11 is 0. The van der Waals surface area contributed by atoms with Gasteiger partial charge >= 0.3 is 0 Å². The highest BCUT2D eigenvalue weighted by atomic mass is 15.3. The molecule has 0 radical (unpaired) electrons. The lowest BCUT2D eigenvalue weighted by Crippen LogP contribution is -2.50. The zero-order chi connectivity index (χ0) is 14.5. The minimum Gasteiger partial charge on any atom is -0.353 e. The Morgan fingerprint density at radius 2 is 1.90 bits per heavy atom. The van der Waals surface area contributed by atoms with Gasteiger partial charge in [-0.15, -0.1) is 0 Å². The molecule has 20 heavy (non-hydrogen) atoms. The molecule has 0 bridgehead atoms. The van der Waals surface area contributed by atoms with E-state index in [9.17, 15) is 0 Å². The van der Waals surface area contributed by atoms with Crippen molar-refractivity contribution in [2.75, 3.05) is 45.1 Å². The number of aromatic nitrogens is 2. The van der Waals surface area contributed by atoms with E-state index in [0.29, 0.717) is 12.0 Å². The molecule has 0 unspecified atom stereocenters. The maximum Gasteiger partial charge on any atom is 0.222 e. The third-order valence-electron chi connectivity index (χ3n) is 3.99. The van der Waals surface area contributed by atoms with Crippen LogP contribution >= 0.6 is 0 Å². The molecule has 5 heteroatoms. The van der Waals surface area contributed by atoms with Crippen LogP contribution in [0.4, 0.5) is 5.95 Å². The molecule has 0 aliphatic carbocycles. The van der Waals surface area contributed by atoms with Crippen molar-refractivity contribution in [2.45, 2.75) is 32.7 Å². The summed E-state index contributed by atoms with van der Waals surface area (Å²) in [6.07, 6.45) is 1.84. The van der Waals surface area contributed by atoms with Gasteiger partial charge in [-0.3, -0.25) is 4.90 Å². The summed E-state index contributed by atoms with van der Waals surface area (Å²) in [4.78, 5) is 13.8. The van der Waals surface area contributed by atoms with Gasteiger partial charge in [0, 0.05) is 50.7 Å². The van der Waals surface area contributed by atoms with Gasteiger partial charge in [0.05, 0.1) is 0 Å². The van der Waals surface area contributed by atoms with Crippen LogP contribution in [0, 0.1) is 0 Å². The van der Waals surface area contributed by atoms with Crippen LogP contribution in [-0.2, 0) is 0 Å². The lowest BCUT2D eigenvalue weighted by atomic mass is 10.1. The van der Waals surface area contributed by atoms with Crippen molar-refractivity contribution < 1.29 is 0 Å². The van der Waals surface area contributed by atoms with Gasteiger partial charge in [-0.2, -0.15) is 0 Å². The Hall–Kier alpha value is -1.20. The van der Waals surface area contributed by atoms with Crippen molar-refractivity contribution >= 4 is 5.95 Å². The third-order valence-corrected chi connectivity index (χ3v) is 3.99. The molecule has 112 valence electrons. The first-order valence-electron chi connectivity index (χ1n) is 7.55. The van der Waals surface area contributed by atoms with Crippen LogP contribution in [0.5, 0.6) is 0 Å². The molecule has 1 saturated heterocycles. The van der Waals surface area contributed by atoms with Gasteiger partial charge in [0.25, 0.3) is 0 Å². The molecule has 5 nitrogen and oxygen atoms in total. The maximum atomic E-state index is 4.55. The highest BCUT2D eigenvalue weighted by Crippen LogP contribution is 2.12. The van der Waals surface area contributed by atoms with Gasteiger partial charge < -0.3 is 10.2 Å². The first-order chi connectivity index (χ1) is 9.56. The second kappa shape index (κ2) is 6.99. The summed E-state index contributed by atoms with van der Waals surface area (Å²) in [5, 5.41) is 3.37. The van der Waals surface area contributed by atoms with E-state index in [4.69, 9.17) is 0 Å². The maximum absolute atomic E-state index is 4.55. The Bertz CT molecular complexity index is 412. The van der Waals surface area contributed by atoms with E-state index in [1.807, 2.05) is 12.3 Å². The molecule has 1 atom stereocenters. The standard InChI is InChI=1S/C15H27N5/c1-12(2)14-5-6-16-15(18-14)17-11-13(3)20-9-7-19(4)8-10-20/h5-6,12-13H,7-11H2,1-4H3,(H,16,17,18)/t13-/m0/s1. The normalized spacial score (nSPS) is 19.2. The number of piperazine rings is 1. The van der Waals surface area contributed by atoms with E-state index in [1.54, 1.807) is 0 Å². The SMILES string of the molecule is CC(C)c1ccnc(NC[C@H](C)N2CCN(C)CC2)n1. The Labute approximate surface area is 122 Å². The Morgan fingerprint density at radius 1 is 1.20 bits per heavy atom. The van der Waals surface area contributed by atoms with Crippen molar-refractivity contribution in [1.29, 1.82) is 0 Å². The van der Waals surface area contributed by atoms with Crippen LogP contribution in [0.2, 0.25) is 0 Å². The van der Waals surface area contributed by atoms with Crippen molar-refractivity contribution in [3.8, 4) is 0 Å². The topological polar surface area (TPSA) is 44.3 Å². The summed E-state index contributed by atoms with van der Waals surface area (Å²) in [6.45, 7) is 12.1. The zero-order valence-corrected chi connectivity index (χ0v) is 13.1. The first kappa shape index (κ1) is 15.2. The second-order valence-corrected chi connectivity index (χ2v) is 6.03. The predicted octanol–water partition coefficient (Wildman–Crippen LogP) is 1.65. The van der Waals surface area contributed by atoms with Crippen molar-refractivity contribution in [3.05, 3.63) is 18.0 Å². The molecular formula is C15H27N5. The van der Waals surface area contributed by atoms with Crippen molar-refractivity contribution in [2.24, 2.45) is 0 Å². The quantitative estimate of drug-likeness (QED) is 0.886. The van der Waals surface area contributed by atoms with Gasteiger partial charge in [-0.25, -0.2) is 9.97 Å². The lowest BCUT2D eigenvalue weighted by Gasteiger charge is -2.36. The number of likely N-dealkylation sites (N-methyl/N-ethyl adjacent to an activating group) is 1. The first-order valence-corrected chi connectivity index (χ1v) is 7.55. The molecule has 0 spiro atoms. The van der Waals surface area contributed by atoms with Crippen molar-refractivity contribution in [1.82, 2.24) is 19.8 Å². The molecule has 1 aliphatic rings. The average Bonchev–Trinajstić information content (AvgIpc) is 2.46. The summed E-state index contributed by atoms with van der Waals surface area (Å²) in [5.41, 5.74) is 1.09. The molecule has 0 aromatic carbocycles. The Kier molecular flexibility index (Phi) is 5.31. The summed E-state index contributed by atoms with van der Waals surface area (Å²) in [6, 6.07) is 2.50. The molecule has 1 fully saturated rings. The Balaban J connectivity index is 1.83. The van der Waals surface area contributed by atoms with Crippen LogP contribution in [0.1, 0.15) is 32.4 Å².